The van der Waals surface area contributed by atoms with E-state index >= 15 is 0 Å². The van der Waals surface area contributed by atoms with Crippen LogP contribution in [-0.2, 0) is 18.5 Å². The van der Waals surface area contributed by atoms with E-state index in [1.165, 1.54) is 12.7 Å². The van der Waals surface area contributed by atoms with Gasteiger partial charge in [0.05, 0.1) is 0 Å². The summed E-state index contributed by atoms with van der Waals surface area (Å²) in [6.07, 6.45) is 0.887. The molecule has 4 rings (SSSR count). The molecule has 2 aromatic heterocycles. The van der Waals surface area contributed by atoms with Gasteiger partial charge in [0, 0.05) is 0 Å². The molecule has 2 N–H and O–H groups in total. The maximum absolute atomic E-state index is 10.1. The number of methoxy groups -OCH3 is 1. The van der Waals surface area contributed by atoms with Crippen molar-refractivity contribution in [2.24, 2.45) is 0 Å². The molecule has 0 spiro atoms. The van der Waals surface area contributed by atoms with Crippen molar-refractivity contribution in [3.05, 3.63) is 12.7 Å². The molecule has 2 aliphatic heterocycles. The third-order valence-electron chi connectivity index (χ3n) is 4.04. The number of imidazole rings is 1. The third-order valence-corrected chi connectivity index (χ3v) is 5.45. The predicted octanol–water partition coefficient (Wildman–Crippen LogP) is -1.11. The third kappa shape index (κ3) is 2.40. The van der Waals surface area contributed by atoms with Gasteiger partial charge in [-0.15, -0.1) is 0 Å². The van der Waals surface area contributed by atoms with Crippen LogP contribution in [-0.4, -0.2) is 69.1 Å². The van der Waals surface area contributed by atoms with Crippen molar-refractivity contribution in [3.63, 3.8) is 0 Å². The van der Waals surface area contributed by atoms with Crippen molar-refractivity contribution < 1.29 is 28.5 Å². The molecule has 10 nitrogen and oxygen atoms in total. The standard InChI is InChI=1S/C11H16BN4O6P/c1-19-8-7-5(2-20-23(12,18)22-7)21-11(8)16-4-15-6-9(16)13-3-14-10(6)17/h3-5,7-8,11,18,23H,2,12H2,1H3,(H,13,14,17)/t5-,7+,8+,11-/m1/s1. The Balaban J connectivity index is 1.72. The fourth-order valence-corrected chi connectivity index (χ4v) is 4.34. The second kappa shape index (κ2) is 5.33. The number of aromatic nitrogens is 4. The Hall–Kier alpha value is -1.36. The van der Waals surface area contributed by atoms with E-state index in [1.807, 2.05) is 0 Å². The van der Waals surface area contributed by atoms with Crippen LogP contribution in [0.5, 0.6) is 5.88 Å². The molecule has 0 radical (unpaired) electrons. The average molecular weight is 342 g/mol. The second-order valence-electron chi connectivity index (χ2n) is 5.58. The molecule has 4 atom stereocenters. The van der Waals surface area contributed by atoms with Crippen molar-refractivity contribution in [2.45, 2.75) is 24.5 Å². The molecule has 23 heavy (non-hydrogen) atoms. The summed E-state index contributed by atoms with van der Waals surface area (Å²) in [6.45, 7) is 0.229. The van der Waals surface area contributed by atoms with Crippen LogP contribution in [0.25, 0.3) is 11.2 Å². The summed E-state index contributed by atoms with van der Waals surface area (Å²) in [4.78, 5) is 22.0. The maximum atomic E-state index is 10.1. The Kier molecular flexibility index (Phi) is 3.52. The zero-order chi connectivity index (χ0) is 16.2. The Morgan fingerprint density at radius 2 is 2.26 bits per heavy atom. The molecule has 12 heteroatoms. The topological polar surface area (TPSA) is 121 Å². The first-order valence-corrected chi connectivity index (χ1v) is 9.35. The molecule has 124 valence electrons. The Morgan fingerprint density at radius 1 is 1.43 bits per heavy atom. The van der Waals surface area contributed by atoms with Gasteiger partial charge in [0.15, 0.2) is 0 Å². The molecular formula is C11H16BN4O6P. The van der Waals surface area contributed by atoms with Gasteiger partial charge in [-0.2, -0.15) is 0 Å². The first kappa shape index (κ1) is 15.2. The van der Waals surface area contributed by atoms with E-state index in [2.05, 4.69) is 15.0 Å². The molecule has 0 bridgehead atoms. The van der Waals surface area contributed by atoms with E-state index in [1.54, 1.807) is 19.2 Å². The number of rotatable bonds is 2. The number of hydrogen-bond donors (Lipinski definition) is 2. The first-order chi connectivity index (χ1) is 11.0. The minimum absolute atomic E-state index is 0.201. The van der Waals surface area contributed by atoms with Gasteiger partial charge in [-0.05, 0) is 0 Å². The zero-order valence-electron chi connectivity index (χ0n) is 12.5. The number of fused-ring (bicyclic) bond motifs is 2. The van der Waals surface area contributed by atoms with E-state index in [0.29, 0.717) is 5.65 Å². The molecule has 0 aromatic carbocycles. The van der Waals surface area contributed by atoms with E-state index in [4.69, 9.17) is 18.5 Å². The van der Waals surface area contributed by atoms with Crippen LogP contribution >= 0.6 is 7.82 Å². The van der Waals surface area contributed by atoms with Gasteiger partial charge in [0.2, 0.25) is 0 Å². The van der Waals surface area contributed by atoms with Crippen LogP contribution < -0.4 is 0 Å². The molecule has 0 saturated carbocycles. The number of ether oxygens (including phenoxy) is 2. The molecule has 0 unspecified atom stereocenters. The molecule has 4 heterocycles. The van der Waals surface area contributed by atoms with Gasteiger partial charge in [-0.1, -0.05) is 0 Å². The summed E-state index contributed by atoms with van der Waals surface area (Å²) in [5.74, 6) is -0.201. The number of nitrogens with zero attached hydrogens (tertiary/aromatic N) is 4. The fourth-order valence-electron chi connectivity index (χ4n) is 3.01. The van der Waals surface area contributed by atoms with E-state index in [-0.39, 0.29) is 24.1 Å². The first-order valence-electron chi connectivity index (χ1n) is 7.09. The molecule has 2 saturated heterocycles. The van der Waals surface area contributed by atoms with Gasteiger partial charge in [-0.25, -0.2) is 0 Å². The summed E-state index contributed by atoms with van der Waals surface area (Å²) in [5, 5.41) is 9.75. The van der Waals surface area contributed by atoms with E-state index < -0.39 is 26.3 Å². The van der Waals surface area contributed by atoms with Crippen molar-refractivity contribution in [1.82, 2.24) is 19.5 Å². The summed E-state index contributed by atoms with van der Waals surface area (Å²) in [6, 6.07) is 0. The fraction of sp³-hybridized carbons (Fsp3) is 0.545. The van der Waals surface area contributed by atoms with Gasteiger partial charge in [-0.3, -0.25) is 0 Å². The number of aromatic hydroxyl groups is 1. The molecule has 0 amide bonds. The normalized spacial score (nSPS) is 34.3. The van der Waals surface area contributed by atoms with Crippen LogP contribution in [0.3, 0.4) is 0 Å². The van der Waals surface area contributed by atoms with Gasteiger partial charge in [0.25, 0.3) is 0 Å². The SMILES string of the molecule is B[PH]1(O)OC[C@H]2O[C@@H](n3cnc4c(O)ncnc43)[C@@H](OC)[C@H]2O1. The molecular weight excluding hydrogens is 326 g/mol. The van der Waals surface area contributed by atoms with Crippen LogP contribution in [0.15, 0.2) is 12.7 Å². The summed E-state index contributed by atoms with van der Waals surface area (Å²) in [7, 11) is -0.0596. The Morgan fingerprint density at radius 3 is 3.04 bits per heavy atom. The predicted molar refractivity (Wildman–Crippen MR) is 81.6 cm³/mol. The molecule has 2 fully saturated rings. The zero-order valence-corrected chi connectivity index (χ0v) is 13.5. The van der Waals surface area contributed by atoms with Crippen molar-refractivity contribution in [1.29, 1.82) is 0 Å². The summed E-state index contributed by atoms with van der Waals surface area (Å²) in [5.41, 5.74) is 0.701. The monoisotopic (exact) mass is 342 g/mol. The van der Waals surface area contributed by atoms with Crippen LogP contribution in [0.4, 0.5) is 0 Å². The average Bonchev–Trinajstić information content (AvgIpc) is 3.07. The van der Waals surface area contributed by atoms with Gasteiger partial charge < -0.3 is 0 Å². The van der Waals surface area contributed by atoms with E-state index in [0.717, 1.165) is 0 Å². The molecule has 2 aromatic rings. The Labute approximate surface area is 132 Å². The van der Waals surface area contributed by atoms with Crippen LogP contribution in [0.1, 0.15) is 6.23 Å². The minimum atomic E-state index is -3.16. The Bertz CT molecular complexity index is 744. The summed E-state index contributed by atoms with van der Waals surface area (Å²) >= 11 is 0. The summed E-state index contributed by atoms with van der Waals surface area (Å²) < 4.78 is 24.2. The second-order valence-corrected chi connectivity index (χ2v) is 7.90. The molecule has 2 aliphatic rings. The quantitative estimate of drug-likeness (QED) is 0.517. The number of hydrogen-bond acceptors (Lipinski definition) is 9. The van der Waals surface area contributed by atoms with Crippen molar-refractivity contribution in [2.75, 3.05) is 13.7 Å². The molecule has 0 aliphatic carbocycles. The van der Waals surface area contributed by atoms with Crippen molar-refractivity contribution in [3.8, 4) is 5.88 Å². The van der Waals surface area contributed by atoms with Gasteiger partial charge >= 0.3 is 131 Å². The van der Waals surface area contributed by atoms with Crippen LogP contribution in [0.2, 0.25) is 0 Å². The van der Waals surface area contributed by atoms with E-state index in [9.17, 15) is 10.00 Å². The van der Waals surface area contributed by atoms with Gasteiger partial charge in [0.1, 0.15) is 0 Å². The van der Waals surface area contributed by atoms with Crippen molar-refractivity contribution >= 4 is 26.6 Å². The van der Waals surface area contributed by atoms with Crippen LogP contribution in [0, 0.1) is 0 Å².